The third-order valence-electron chi connectivity index (χ3n) is 3.12. The van der Waals surface area contributed by atoms with Crippen molar-refractivity contribution in [1.82, 2.24) is 5.32 Å². The molecule has 2 atom stereocenters. The fourth-order valence-electron chi connectivity index (χ4n) is 2.04. The predicted molar refractivity (Wildman–Crippen MR) is 74.5 cm³/mol. The van der Waals surface area contributed by atoms with Crippen molar-refractivity contribution < 1.29 is 18.3 Å². The molecule has 0 unspecified atom stereocenters. The molecular formula is C15H18F2N2O2. The first-order valence-electron chi connectivity index (χ1n) is 6.66. The third-order valence-corrected chi connectivity index (χ3v) is 3.12. The lowest BCUT2D eigenvalue weighted by molar-refractivity contribution is 0.140. The standard InChI is InChI=1S/C15H18F2N2O2/c16-11-4-10(5-12(17)7-11)6-14(18)15(20)9-19-8-13-2-1-3-21-13/h1-5,7,14-15,19-20H,6,8-9,18H2/t14-,15+/m0/s1. The van der Waals surface area contributed by atoms with Crippen LogP contribution in [0, 0.1) is 11.6 Å². The van der Waals surface area contributed by atoms with Crippen LogP contribution in [0.5, 0.6) is 0 Å². The lowest BCUT2D eigenvalue weighted by Crippen LogP contribution is -2.43. The summed E-state index contributed by atoms with van der Waals surface area (Å²) in [5.74, 6) is -0.548. The Morgan fingerprint density at radius 2 is 1.95 bits per heavy atom. The summed E-state index contributed by atoms with van der Waals surface area (Å²) in [4.78, 5) is 0. The van der Waals surface area contributed by atoms with Crippen LogP contribution in [0.2, 0.25) is 0 Å². The molecule has 0 saturated heterocycles. The first-order valence-corrected chi connectivity index (χ1v) is 6.66. The van der Waals surface area contributed by atoms with Crippen LogP contribution in [0.15, 0.2) is 41.0 Å². The van der Waals surface area contributed by atoms with Gasteiger partial charge in [0.25, 0.3) is 0 Å². The zero-order valence-corrected chi connectivity index (χ0v) is 11.4. The second kappa shape index (κ2) is 7.31. The van der Waals surface area contributed by atoms with Crippen LogP contribution in [0.25, 0.3) is 0 Å². The molecule has 0 radical (unpaired) electrons. The molecule has 21 heavy (non-hydrogen) atoms. The number of nitrogens with two attached hydrogens (primary N) is 1. The Bertz CT molecular complexity index is 541. The van der Waals surface area contributed by atoms with Crippen LogP contribution in [-0.2, 0) is 13.0 Å². The van der Waals surface area contributed by atoms with E-state index in [9.17, 15) is 13.9 Å². The molecule has 6 heteroatoms. The molecule has 114 valence electrons. The zero-order valence-electron chi connectivity index (χ0n) is 11.4. The maximum Gasteiger partial charge on any atom is 0.126 e. The Labute approximate surface area is 121 Å². The summed E-state index contributed by atoms with van der Waals surface area (Å²) in [7, 11) is 0. The maximum atomic E-state index is 13.1. The van der Waals surface area contributed by atoms with Crippen molar-refractivity contribution in [2.24, 2.45) is 5.73 Å². The highest BCUT2D eigenvalue weighted by Gasteiger charge is 2.16. The molecule has 0 aliphatic heterocycles. The van der Waals surface area contributed by atoms with Gasteiger partial charge in [-0.2, -0.15) is 0 Å². The Hall–Kier alpha value is -1.76. The van der Waals surface area contributed by atoms with Gasteiger partial charge in [-0.25, -0.2) is 8.78 Å². The van der Waals surface area contributed by atoms with Crippen molar-refractivity contribution in [2.75, 3.05) is 6.54 Å². The van der Waals surface area contributed by atoms with E-state index in [0.29, 0.717) is 12.1 Å². The van der Waals surface area contributed by atoms with Crippen molar-refractivity contribution in [2.45, 2.75) is 25.1 Å². The summed E-state index contributed by atoms with van der Waals surface area (Å²) < 4.78 is 31.3. The van der Waals surface area contributed by atoms with E-state index in [2.05, 4.69) is 5.32 Å². The molecule has 1 aromatic carbocycles. The topological polar surface area (TPSA) is 71.4 Å². The first-order chi connectivity index (χ1) is 10.0. The van der Waals surface area contributed by atoms with Crippen LogP contribution in [0.4, 0.5) is 8.78 Å². The number of furan rings is 1. The lowest BCUT2D eigenvalue weighted by Gasteiger charge is -2.19. The zero-order chi connectivity index (χ0) is 15.2. The number of aliphatic hydroxyl groups is 1. The summed E-state index contributed by atoms with van der Waals surface area (Å²) in [6, 6.07) is 6.20. The second-order valence-electron chi connectivity index (χ2n) is 4.92. The molecule has 0 aliphatic rings. The Morgan fingerprint density at radius 1 is 1.24 bits per heavy atom. The molecular weight excluding hydrogens is 278 g/mol. The van der Waals surface area contributed by atoms with Gasteiger partial charge in [-0.1, -0.05) is 0 Å². The fraction of sp³-hybridized carbons (Fsp3) is 0.333. The van der Waals surface area contributed by atoms with Gasteiger partial charge < -0.3 is 20.6 Å². The molecule has 4 nitrogen and oxygen atoms in total. The van der Waals surface area contributed by atoms with Crippen molar-refractivity contribution in [1.29, 1.82) is 0 Å². The predicted octanol–water partition coefficient (Wildman–Crippen LogP) is 1.58. The monoisotopic (exact) mass is 296 g/mol. The van der Waals surface area contributed by atoms with E-state index in [1.807, 2.05) is 6.07 Å². The average molecular weight is 296 g/mol. The molecule has 0 saturated carbocycles. The molecule has 1 heterocycles. The van der Waals surface area contributed by atoms with Gasteiger partial charge in [0.1, 0.15) is 17.4 Å². The fourth-order valence-corrected chi connectivity index (χ4v) is 2.04. The number of rotatable bonds is 7. The molecule has 0 spiro atoms. The van der Waals surface area contributed by atoms with Gasteiger partial charge in [-0.05, 0) is 36.2 Å². The summed E-state index contributed by atoms with van der Waals surface area (Å²) in [5, 5.41) is 12.9. The van der Waals surface area contributed by atoms with Gasteiger partial charge >= 0.3 is 0 Å². The van der Waals surface area contributed by atoms with Crippen LogP contribution in [0.3, 0.4) is 0 Å². The van der Waals surface area contributed by atoms with E-state index in [1.54, 1.807) is 12.3 Å². The minimum absolute atomic E-state index is 0.193. The molecule has 0 bridgehead atoms. The van der Waals surface area contributed by atoms with E-state index >= 15 is 0 Å². The summed E-state index contributed by atoms with van der Waals surface area (Å²) in [6.45, 7) is 0.741. The minimum Gasteiger partial charge on any atom is -0.468 e. The normalized spacial score (nSPS) is 14.1. The number of aliphatic hydroxyl groups excluding tert-OH is 1. The molecule has 2 aromatic rings. The summed E-state index contributed by atoms with van der Waals surface area (Å²) in [6.07, 6.45) is 0.932. The number of nitrogens with one attached hydrogen (secondary N) is 1. The number of hydrogen-bond donors (Lipinski definition) is 3. The number of halogens is 2. The van der Waals surface area contributed by atoms with E-state index in [-0.39, 0.29) is 13.0 Å². The van der Waals surface area contributed by atoms with Crippen molar-refractivity contribution in [3.05, 3.63) is 59.6 Å². The summed E-state index contributed by atoms with van der Waals surface area (Å²) >= 11 is 0. The highest BCUT2D eigenvalue weighted by atomic mass is 19.1. The molecule has 1 aromatic heterocycles. The van der Waals surface area contributed by atoms with Gasteiger partial charge in [0.15, 0.2) is 0 Å². The Balaban J connectivity index is 1.80. The van der Waals surface area contributed by atoms with Gasteiger partial charge in [0, 0.05) is 18.7 Å². The molecule has 0 aliphatic carbocycles. The van der Waals surface area contributed by atoms with E-state index < -0.39 is 23.8 Å². The van der Waals surface area contributed by atoms with Crippen LogP contribution in [0.1, 0.15) is 11.3 Å². The smallest absolute Gasteiger partial charge is 0.126 e. The van der Waals surface area contributed by atoms with Gasteiger partial charge in [0.05, 0.1) is 18.9 Å². The quantitative estimate of drug-likeness (QED) is 0.725. The maximum absolute atomic E-state index is 13.1. The van der Waals surface area contributed by atoms with Crippen molar-refractivity contribution in [3.63, 3.8) is 0 Å². The van der Waals surface area contributed by atoms with Crippen molar-refractivity contribution >= 4 is 0 Å². The third kappa shape index (κ3) is 4.93. The average Bonchev–Trinajstić information content (AvgIpc) is 2.90. The molecule has 0 amide bonds. The first kappa shape index (κ1) is 15.6. The van der Waals surface area contributed by atoms with Gasteiger partial charge in [0.2, 0.25) is 0 Å². The second-order valence-corrected chi connectivity index (χ2v) is 4.92. The van der Waals surface area contributed by atoms with E-state index in [1.165, 1.54) is 12.1 Å². The lowest BCUT2D eigenvalue weighted by atomic mass is 10.0. The van der Waals surface area contributed by atoms with E-state index in [4.69, 9.17) is 10.2 Å². The molecule has 4 N–H and O–H groups in total. The number of hydrogen-bond acceptors (Lipinski definition) is 4. The summed E-state index contributed by atoms with van der Waals surface area (Å²) in [5.41, 5.74) is 6.27. The SMILES string of the molecule is N[C@@H](Cc1cc(F)cc(F)c1)[C@H](O)CNCc1ccco1. The van der Waals surface area contributed by atoms with Crippen LogP contribution >= 0.6 is 0 Å². The molecule has 0 fully saturated rings. The van der Waals surface area contributed by atoms with Crippen LogP contribution in [-0.4, -0.2) is 23.8 Å². The van der Waals surface area contributed by atoms with Crippen molar-refractivity contribution in [3.8, 4) is 0 Å². The Kier molecular flexibility index (Phi) is 5.44. The van der Waals surface area contributed by atoms with Gasteiger partial charge in [-0.15, -0.1) is 0 Å². The van der Waals surface area contributed by atoms with Crippen LogP contribution < -0.4 is 11.1 Å². The number of benzene rings is 1. The Morgan fingerprint density at radius 3 is 2.57 bits per heavy atom. The van der Waals surface area contributed by atoms with Gasteiger partial charge in [-0.3, -0.25) is 0 Å². The molecule has 2 rings (SSSR count). The highest BCUT2D eigenvalue weighted by molar-refractivity contribution is 5.19. The highest BCUT2D eigenvalue weighted by Crippen LogP contribution is 2.10. The minimum atomic E-state index is -0.828. The van der Waals surface area contributed by atoms with E-state index in [0.717, 1.165) is 11.8 Å². The largest absolute Gasteiger partial charge is 0.468 e.